The first-order chi connectivity index (χ1) is 12.6. The summed E-state index contributed by atoms with van der Waals surface area (Å²) in [6.45, 7) is 2.47. The van der Waals surface area contributed by atoms with Gasteiger partial charge >= 0.3 is 6.09 Å². The molecule has 0 fully saturated rings. The number of aliphatic hydroxyl groups excluding tert-OH is 2. The Morgan fingerprint density at radius 3 is 2.65 bits per heavy atom. The SMILES string of the molecule is CCSc1cccc(C(O)C(O)CCNC(=O)OCc2ccccc2)c1. The lowest BCUT2D eigenvalue weighted by Crippen LogP contribution is -2.29. The molecule has 0 saturated carbocycles. The molecule has 0 bridgehead atoms. The first-order valence-electron chi connectivity index (χ1n) is 8.63. The van der Waals surface area contributed by atoms with E-state index in [0.717, 1.165) is 16.2 Å². The second-order valence-corrected chi connectivity index (χ2v) is 7.13. The number of carbonyl (C=O) groups excluding carboxylic acids is 1. The van der Waals surface area contributed by atoms with Gasteiger partial charge in [-0.05, 0) is 35.4 Å². The Hall–Kier alpha value is -2.02. The summed E-state index contributed by atoms with van der Waals surface area (Å²) in [5.41, 5.74) is 1.57. The third-order valence-electron chi connectivity index (χ3n) is 3.80. The lowest BCUT2D eigenvalue weighted by Gasteiger charge is -2.19. The van der Waals surface area contributed by atoms with Crippen LogP contribution in [0.1, 0.15) is 30.6 Å². The molecule has 0 saturated heterocycles. The van der Waals surface area contributed by atoms with Gasteiger partial charge in [-0.3, -0.25) is 0 Å². The monoisotopic (exact) mass is 375 g/mol. The highest BCUT2D eigenvalue weighted by Gasteiger charge is 2.18. The summed E-state index contributed by atoms with van der Waals surface area (Å²) in [4.78, 5) is 12.7. The fraction of sp³-hybridized carbons (Fsp3) is 0.350. The highest BCUT2D eigenvalue weighted by Crippen LogP contribution is 2.24. The predicted molar refractivity (Wildman–Crippen MR) is 103 cm³/mol. The molecule has 0 radical (unpaired) electrons. The van der Waals surface area contributed by atoms with Crippen molar-refractivity contribution in [2.45, 2.75) is 37.1 Å². The number of aliphatic hydroxyl groups is 2. The predicted octanol–water partition coefficient (Wildman–Crippen LogP) is 3.51. The second kappa shape index (κ2) is 10.9. The van der Waals surface area contributed by atoms with E-state index in [1.165, 1.54) is 0 Å². The molecule has 6 heteroatoms. The van der Waals surface area contributed by atoms with Crippen LogP contribution in [-0.2, 0) is 11.3 Å². The van der Waals surface area contributed by atoms with E-state index in [2.05, 4.69) is 12.2 Å². The Morgan fingerprint density at radius 2 is 1.92 bits per heavy atom. The molecule has 0 aliphatic heterocycles. The standard InChI is InChI=1S/C20H25NO4S/c1-2-26-17-10-6-9-16(13-17)19(23)18(22)11-12-21-20(24)25-14-15-7-4-3-5-8-15/h3-10,13,18-19,22-23H,2,11-12,14H2,1H3,(H,21,24). The largest absolute Gasteiger partial charge is 0.445 e. The zero-order valence-corrected chi connectivity index (χ0v) is 15.6. The molecule has 2 aromatic rings. The van der Waals surface area contributed by atoms with Crippen LogP contribution in [0.5, 0.6) is 0 Å². The van der Waals surface area contributed by atoms with E-state index in [0.29, 0.717) is 5.56 Å². The summed E-state index contributed by atoms with van der Waals surface area (Å²) in [5.74, 6) is 0.942. The lowest BCUT2D eigenvalue weighted by atomic mass is 10.0. The van der Waals surface area contributed by atoms with E-state index < -0.39 is 18.3 Å². The maximum atomic E-state index is 11.7. The minimum Gasteiger partial charge on any atom is -0.445 e. The molecule has 0 aliphatic rings. The molecule has 140 valence electrons. The highest BCUT2D eigenvalue weighted by atomic mass is 32.2. The summed E-state index contributed by atoms with van der Waals surface area (Å²) in [7, 11) is 0. The number of amides is 1. The van der Waals surface area contributed by atoms with E-state index >= 15 is 0 Å². The molecule has 0 aromatic heterocycles. The van der Waals surface area contributed by atoms with Gasteiger partial charge in [0, 0.05) is 11.4 Å². The third-order valence-corrected chi connectivity index (χ3v) is 4.67. The van der Waals surface area contributed by atoms with Gasteiger partial charge in [0.15, 0.2) is 0 Å². The zero-order valence-electron chi connectivity index (χ0n) is 14.8. The quantitative estimate of drug-likeness (QED) is 0.585. The molecule has 2 rings (SSSR count). The van der Waals surface area contributed by atoms with Gasteiger partial charge in [0.1, 0.15) is 12.7 Å². The summed E-state index contributed by atoms with van der Waals surface area (Å²) >= 11 is 1.68. The van der Waals surface area contributed by atoms with Crippen LogP contribution < -0.4 is 5.32 Å². The first-order valence-corrected chi connectivity index (χ1v) is 9.62. The van der Waals surface area contributed by atoms with Crippen molar-refractivity contribution < 1.29 is 19.7 Å². The third kappa shape index (κ3) is 6.71. The van der Waals surface area contributed by atoms with Crippen molar-refractivity contribution in [1.82, 2.24) is 5.32 Å². The maximum absolute atomic E-state index is 11.7. The Morgan fingerprint density at radius 1 is 1.15 bits per heavy atom. The number of alkyl carbamates (subject to hydrolysis) is 1. The highest BCUT2D eigenvalue weighted by molar-refractivity contribution is 7.99. The minimum atomic E-state index is -0.991. The Bertz CT molecular complexity index is 681. The topological polar surface area (TPSA) is 78.8 Å². The Balaban J connectivity index is 1.72. The summed E-state index contributed by atoms with van der Waals surface area (Å²) < 4.78 is 5.10. The second-order valence-electron chi connectivity index (χ2n) is 5.79. The molecule has 3 N–H and O–H groups in total. The van der Waals surface area contributed by atoms with Crippen LogP contribution in [0.2, 0.25) is 0 Å². The van der Waals surface area contributed by atoms with Crippen LogP contribution in [0.25, 0.3) is 0 Å². The first kappa shape index (κ1) is 20.3. The number of rotatable bonds is 9. The Labute approximate surface area is 158 Å². The number of thioether (sulfide) groups is 1. The van der Waals surface area contributed by atoms with E-state index in [1.807, 2.05) is 48.5 Å². The van der Waals surface area contributed by atoms with Crippen molar-refractivity contribution in [2.24, 2.45) is 0 Å². The summed E-state index contributed by atoms with van der Waals surface area (Å²) in [6.07, 6.45) is -2.27. The lowest BCUT2D eigenvalue weighted by molar-refractivity contribution is 0.0135. The Kier molecular flexibility index (Phi) is 8.47. The average molecular weight is 375 g/mol. The van der Waals surface area contributed by atoms with Gasteiger partial charge in [-0.2, -0.15) is 0 Å². The normalized spacial score (nSPS) is 13.0. The van der Waals surface area contributed by atoms with E-state index in [9.17, 15) is 15.0 Å². The van der Waals surface area contributed by atoms with Gasteiger partial charge in [-0.15, -0.1) is 11.8 Å². The molecule has 0 spiro atoms. The van der Waals surface area contributed by atoms with Crippen LogP contribution in [0.4, 0.5) is 4.79 Å². The van der Waals surface area contributed by atoms with E-state index in [4.69, 9.17) is 4.74 Å². The van der Waals surface area contributed by atoms with Crippen molar-refractivity contribution in [3.63, 3.8) is 0 Å². The van der Waals surface area contributed by atoms with E-state index in [-0.39, 0.29) is 19.6 Å². The molecule has 2 aromatic carbocycles. The molecule has 2 unspecified atom stereocenters. The van der Waals surface area contributed by atoms with E-state index in [1.54, 1.807) is 17.8 Å². The zero-order chi connectivity index (χ0) is 18.8. The number of ether oxygens (including phenoxy) is 1. The smallest absolute Gasteiger partial charge is 0.407 e. The molecule has 1 amide bonds. The van der Waals surface area contributed by atoms with Crippen molar-refractivity contribution in [3.05, 3.63) is 65.7 Å². The molecule has 0 heterocycles. The molecule has 26 heavy (non-hydrogen) atoms. The van der Waals surface area contributed by atoms with Crippen molar-refractivity contribution >= 4 is 17.9 Å². The molecular formula is C20H25NO4S. The molecule has 2 atom stereocenters. The summed E-state index contributed by atoms with van der Waals surface area (Å²) in [6, 6.07) is 16.9. The van der Waals surface area contributed by atoms with Crippen molar-refractivity contribution in [3.8, 4) is 0 Å². The molecule has 0 aliphatic carbocycles. The summed E-state index contributed by atoms with van der Waals surface area (Å²) in [5, 5.41) is 23.0. The molecule has 5 nitrogen and oxygen atoms in total. The molecular weight excluding hydrogens is 350 g/mol. The van der Waals surface area contributed by atoms with Gasteiger partial charge in [-0.1, -0.05) is 49.4 Å². The number of benzene rings is 2. The van der Waals surface area contributed by atoms with Crippen LogP contribution in [0.15, 0.2) is 59.5 Å². The van der Waals surface area contributed by atoms with Gasteiger partial charge in [0.2, 0.25) is 0 Å². The van der Waals surface area contributed by atoms with Gasteiger partial charge in [-0.25, -0.2) is 4.79 Å². The van der Waals surface area contributed by atoms with Crippen molar-refractivity contribution in [2.75, 3.05) is 12.3 Å². The van der Waals surface area contributed by atoms with Crippen LogP contribution >= 0.6 is 11.8 Å². The number of carbonyl (C=O) groups is 1. The van der Waals surface area contributed by atoms with Crippen LogP contribution in [-0.4, -0.2) is 34.7 Å². The average Bonchev–Trinajstić information content (AvgIpc) is 2.67. The van der Waals surface area contributed by atoms with Gasteiger partial charge in [0.05, 0.1) is 6.10 Å². The number of hydrogen-bond donors (Lipinski definition) is 3. The van der Waals surface area contributed by atoms with Crippen LogP contribution in [0, 0.1) is 0 Å². The number of hydrogen-bond acceptors (Lipinski definition) is 5. The number of nitrogens with one attached hydrogen (secondary N) is 1. The minimum absolute atomic E-state index is 0.194. The fourth-order valence-corrected chi connectivity index (χ4v) is 3.16. The fourth-order valence-electron chi connectivity index (χ4n) is 2.43. The van der Waals surface area contributed by atoms with Crippen LogP contribution in [0.3, 0.4) is 0 Å². The van der Waals surface area contributed by atoms with Gasteiger partial charge < -0.3 is 20.3 Å². The maximum Gasteiger partial charge on any atom is 0.407 e. The van der Waals surface area contributed by atoms with Gasteiger partial charge in [0.25, 0.3) is 0 Å². The van der Waals surface area contributed by atoms with Crippen molar-refractivity contribution in [1.29, 1.82) is 0 Å².